The fourth-order valence-electron chi connectivity index (χ4n) is 2.33. The molecule has 0 saturated carbocycles. The molecule has 11 heteroatoms. The SMILES string of the molecule is C[C@H](NC(=O)c1cc(F)c(Cl)c(F)c1)c1ncnn1-c1ccc(C#N)cn1.S. The normalized spacial score (nSPS) is 11.2. The highest BCUT2D eigenvalue weighted by molar-refractivity contribution is 7.59. The summed E-state index contributed by atoms with van der Waals surface area (Å²) < 4.78 is 28.5. The highest BCUT2D eigenvalue weighted by Crippen LogP contribution is 2.21. The monoisotopic (exact) mass is 422 g/mol. The molecule has 3 rings (SSSR count). The van der Waals surface area contributed by atoms with Crippen LogP contribution in [0.4, 0.5) is 8.78 Å². The van der Waals surface area contributed by atoms with E-state index in [2.05, 4.69) is 20.4 Å². The summed E-state index contributed by atoms with van der Waals surface area (Å²) in [6.45, 7) is 1.63. The third kappa shape index (κ3) is 4.27. The molecule has 0 saturated heterocycles. The minimum Gasteiger partial charge on any atom is -0.342 e. The summed E-state index contributed by atoms with van der Waals surface area (Å²) in [5.41, 5.74) is 0.164. The second kappa shape index (κ2) is 8.77. The smallest absolute Gasteiger partial charge is 0.252 e. The quantitative estimate of drug-likeness (QED) is 0.652. The predicted molar refractivity (Wildman–Crippen MR) is 101 cm³/mol. The van der Waals surface area contributed by atoms with Crippen LogP contribution in [0.1, 0.15) is 34.7 Å². The van der Waals surface area contributed by atoms with E-state index >= 15 is 0 Å². The predicted octanol–water partition coefficient (Wildman–Crippen LogP) is 3.07. The van der Waals surface area contributed by atoms with Crippen LogP contribution in [-0.4, -0.2) is 25.7 Å². The van der Waals surface area contributed by atoms with Crippen LogP contribution in [0.15, 0.2) is 36.8 Å². The highest BCUT2D eigenvalue weighted by atomic mass is 35.5. The molecule has 0 aliphatic rings. The van der Waals surface area contributed by atoms with Gasteiger partial charge in [-0.1, -0.05) is 11.6 Å². The number of nitrogens with zero attached hydrogens (tertiary/aromatic N) is 5. The lowest BCUT2D eigenvalue weighted by Crippen LogP contribution is -2.29. The molecule has 28 heavy (non-hydrogen) atoms. The number of hydrogen-bond acceptors (Lipinski definition) is 5. The number of carbonyl (C=O) groups excluding carboxylic acids is 1. The Hall–Kier alpha value is -3.03. The van der Waals surface area contributed by atoms with Crippen LogP contribution in [0.25, 0.3) is 5.82 Å². The number of nitriles is 1. The maximum atomic E-state index is 13.5. The third-order valence-electron chi connectivity index (χ3n) is 3.65. The van der Waals surface area contributed by atoms with Crippen molar-refractivity contribution in [2.45, 2.75) is 13.0 Å². The summed E-state index contributed by atoms with van der Waals surface area (Å²) in [6.07, 6.45) is 2.66. The van der Waals surface area contributed by atoms with Crippen molar-refractivity contribution in [1.82, 2.24) is 25.1 Å². The first-order valence-electron chi connectivity index (χ1n) is 7.62. The van der Waals surface area contributed by atoms with Gasteiger partial charge in [0.1, 0.15) is 29.1 Å². The second-order valence-corrected chi connectivity index (χ2v) is 5.87. The molecule has 7 nitrogen and oxygen atoms in total. The van der Waals surface area contributed by atoms with Crippen LogP contribution in [0.2, 0.25) is 5.02 Å². The average molecular weight is 423 g/mol. The first kappa shape index (κ1) is 21.3. The molecule has 0 aliphatic heterocycles. The van der Waals surface area contributed by atoms with Gasteiger partial charge in [0, 0.05) is 11.8 Å². The maximum absolute atomic E-state index is 13.5. The van der Waals surface area contributed by atoms with E-state index in [0.717, 1.165) is 12.1 Å². The van der Waals surface area contributed by atoms with E-state index < -0.39 is 28.6 Å². The number of nitrogens with one attached hydrogen (secondary N) is 1. The van der Waals surface area contributed by atoms with Gasteiger partial charge in [-0.15, -0.1) is 0 Å². The van der Waals surface area contributed by atoms with E-state index in [1.165, 1.54) is 17.2 Å². The van der Waals surface area contributed by atoms with Gasteiger partial charge >= 0.3 is 0 Å². The van der Waals surface area contributed by atoms with Crippen molar-refractivity contribution in [2.75, 3.05) is 0 Å². The Balaban J connectivity index is 0.00000280. The van der Waals surface area contributed by atoms with E-state index in [9.17, 15) is 13.6 Å². The molecule has 2 aromatic heterocycles. The minimum absolute atomic E-state index is 0. The highest BCUT2D eigenvalue weighted by Gasteiger charge is 2.20. The van der Waals surface area contributed by atoms with Gasteiger partial charge in [-0.2, -0.15) is 28.5 Å². The number of aromatic nitrogens is 4. The fourth-order valence-corrected chi connectivity index (χ4v) is 2.44. The van der Waals surface area contributed by atoms with Crippen molar-refractivity contribution in [1.29, 1.82) is 5.26 Å². The van der Waals surface area contributed by atoms with Crippen molar-refractivity contribution in [3.63, 3.8) is 0 Å². The maximum Gasteiger partial charge on any atom is 0.252 e. The zero-order valence-electron chi connectivity index (χ0n) is 14.3. The van der Waals surface area contributed by atoms with Crippen molar-refractivity contribution < 1.29 is 13.6 Å². The zero-order valence-corrected chi connectivity index (χ0v) is 16.1. The lowest BCUT2D eigenvalue weighted by molar-refractivity contribution is 0.0937. The number of amides is 1. The topological polar surface area (TPSA) is 96.5 Å². The van der Waals surface area contributed by atoms with Crippen LogP contribution >= 0.6 is 25.1 Å². The van der Waals surface area contributed by atoms with E-state index in [1.807, 2.05) is 6.07 Å². The molecule has 0 aliphatic carbocycles. The third-order valence-corrected chi connectivity index (χ3v) is 4.01. The fraction of sp³-hybridized carbons (Fsp3) is 0.118. The molecule has 1 atom stereocenters. The molecule has 0 fully saturated rings. The molecular weight excluding hydrogens is 410 g/mol. The number of carbonyl (C=O) groups is 1. The molecule has 0 spiro atoms. The number of pyridine rings is 1. The Kier molecular flexibility index (Phi) is 6.66. The van der Waals surface area contributed by atoms with E-state index in [4.69, 9.17) is 16.9 Å². The van der Waals surface area contributed by atoms with Crippen molar-refractivity contribution in [3.8, 4) is 11.9 Å². The van der Waals surface area contributed by atoms with Crippen LogP contribution in [0, 0.1) is 23.0 Å². The summed E-state index contributed by atoms with van der Waals surface area (Å²) in [5, 5.41) is 14.8. The van der Waals surface area contributed by atoms with Gasteiger partial charge in [0.15, 0.2) is 11.6 Å². The summed E-state index contributed by atoms with van der Waals surface area (Å²) >= 11 is 5.42. The van der Waals surface area contributed by atoms with E-state index in [1.54, 1.807) is 19.1 Å². The van der Waals surface area contributed by atoms with Crippen LogP contribution in [0.3, 0.4) is 0 Å². The molecule has 1 amide bonds. The second-order valence-electron chi connectivity index (χ2n) is 5.50. The van der Waals surface area contributed by atoms with Gasteiger partial charge in [0.2, 0.25) is 0 Å². The minimum atomic E-state index is -1.03. The van der Waals surface area contributed by atoms with Gasteiger partial charge in [0.25, 0.3) is 5.91 Å². The zero-order chi connectivity index (χ0) is 19.6. The van der Waals surface area contributed by atoms with Crippen molar-refractivity contribution in [2.24, 2.45) is 0 Å². The first-order valence-corrected chi connectivity index (χ1v) is 8.00. The summed E-state index contributed by atoms with van der Waals surface area (Å²) in [5.74, 6) is -2.03. The van der Waals surface area contributed by atoms with Gasteiger partial charge in [0.05, 0.1) is 11.6 Å². The van der Waals surface area contributed by atoms with Crippen molar-refractivity contribution >= 4 is 31.0 Å². The molecule has 0 radical (unpaired) electrons. The molecule has 144 valence electrons. The Morgan fingerprint density at radius 1 is 1.29 bits per heavy atom. The van der Waals surface area contributed by atoms with Crippen LogP contribution in [0.5, 0.6) is 0 Å². The van der Waals surface area contributed by atoms with E-state index in [-0.39, 0.29) is 19.1 Å². The van der Waals surface area contributed by atoms with Gasteiger partial charge in [-0.3, -0.25) is 4.79 Å². The molecular formula is C17H13ClF2N6OS. The lowest BCUT2D eigenvalue weighted by Gasteiger charge is -2.14. The standard InChI is InChI=1S/C17H11ClF2N6O.H2S/c1-9(25-17(27)11-4-12(19)15(18)13(20)5-11)16-23-8-24-26(16)14-3-2-10(6-21)7-22-14;/h2-5,7-9H,1H3,(H,25,27);1H2/t9-;/m0./s1. The van der Waals surface area contributed by atoms with E-state index in [0.29, 0.717) is 17.2 Å². The Morgan fingerprint density at radius 3 is 2.54 bits per heavy atom. The number of hydrogen-bond donors (Lipinski definition) is 1. The first-order chi connectivity index (χ1) is 12.9. The summed E-state index contributed by atoms with van der Waals surface area (Å²) in [7, 11) is 0. The van der Waals surface area contributed by atoms with Crippen LogP contribution in [-0.2, 0) is 0 Å². The van der Waals surface area contributed by atoms with Gasteiger partial charge in [-0.05, 0) is 31.2 Å². The van der Waals surface area contributed by atoms with Gasteiger partial charge < -0.3 is 5.32 Å². The molecule has 0 unspecified atom stereocenters. The molecule has 1 aromatic carbocycles. The lowest BCUT2D eigenvalue weighted by atomic mass is 10.2. The van der Waals surface area contributed by atoms with Gasteiger partial charge in [-0.25, -0.2) is 18.7 Å². The van der Waals surface area contributed by atoms with Crippen molar-refractivity contribution in [3.05, 3.63) is 70.4 Å². The molecule has 2 heterocycles. The number of halogens is 3. The Bertz CT molecular complexity index is 1030. The summed E-state index contributed by atoms with van der Waals surface area (Å²) in [6, 6.07) is 6.14. The molecule has 3 aromatic rings. The molecule has 1 N–H and O–H groups in total. The van der Waals surface area contributed by atoms with Crippen LogP contribution < -0.4 is 5.32 Å². The largest absolute Gasteiger partial charge is 0.342 e. The Labute approximate surface area is 170 Å². The average Bonchev–Trinajstić information content (AvgIpc) is 3.15. The number of benzene rings is 1. The molecule has 0 bridgehead atoms. The number of rotatable bonds is 4. The Morgan fingerprint density at radius 2 is 1.96 bits per heavy atom. The summed E-state index contributed by atoms with van der Waals surface area (Å²) in [4.78, 5) is 20.5.